The van der Waals surface area contributed by atoms with Crippen LogP contribution < -0.4 is 9.47 Å². The molecule has 2 aromatic rings. The topological polar surface area (TPSA) is 35.5 Å². The average molecular weight is 354 g/mol. The molecule has 0 unspecified atom stereocenters. The van der Waals surface area contributed by atoms with E-state index in [0.29, 0.717) is 11.7 Å². The zero-order chi connectivity index (χ0) is 18.9. The maximum absolute atomic E-state index is 12.3. The third-order valence-corrected chi connectivity index (χ3v) is 6.81. The highest BCUT2D eigenvalue weighted by Crippen LogP contribution is 2.46. The Labute approximate surface area is 156 Å². The van der Waals surface area contributed by atoms with E-state index in [1.165, 1.54) is 5.56 Å². The second-order valence-corrected chi connectivity index (χ2v) is 7.98. The Balaban J connectivity index is 1.88. The molecule has 0 aliphatic heterocycles. The number of carbonyl (C=O) groups is 1. The normalized spacial score (nSPS) is 26.1. The van der Waals surface area contributed by atoms with Gasteiger partial charge in [-0.15, -0.1) is 0 Å². The van der Waals surface area contributed by atoms with Crippen molar-refractivity contribution in [3.05, 3.63) is 35.9 Å². The molecule has 0 radical (unpaired) electrons. The van der Waals surface area contributed by atoms with E-state index >= 15 is 0 Å². The van der Waals surface area contributed by atoms with Crippen molar-refractivity contribution in [3.63, 3.8) is 0 Å². The van der Waals surface area contributed by atoms with E-state index in [2.05, 4.69) is 39.0 Å². The first-order valence-corrected chi connectivity index (χ1v) is 9.57. The minimum absolute atomic E-state index is 0.0722. The average Bonchev–Trinajstić information content (AvgIpc) is 2.67. The summed E-state index contributed by atoms with van der Waals surface area (Å²) in [7, 11) is 3.39. The van der Waals surface area contributed by atoms with Crippen molar-refractivity contribution in [2.24, 2.45) is 17.3 Å². The minimum Gasteiger partial charge on any atom is -0.496 e. The molecular weight excluding hydrogens is 324 g/mol. The van der Waals surface area contributed by atoms with E-state index < -0.39 is 0 Å². The Morgan fingerprint density at radius 1 is 1.04 bits per heavy atom. The van der Waals surface area contributed by atoms with Crippen LogP contribution in [0.4, 0.5) is 0 Å². The third kappa shape index (κ3) is 3.20. The van der Waals surface area contributed by atoms with Gasteiger partial charge in [0, 0.05) is 23.1 Å². The Kier molecular flexibility index (Phi) is 5.27. The number of Topliss-reactive ketones (excluding diaryl/α,β-unsaturated/α-hetero) is 1. The molecule has 3 atom stereocenters. The fraction of sp³-hybridized carbons (Fsp3) is 0.522. The summed E-state index contributed by atoms with van der Waals surface area (Å²) in [5.41, 5.74) is 1.35. The lowest BCUT2D eigenvalue weighted by Crippen LogP contribution is -2.41. The number of benzene rings is 2. The maximum atomic E-state index is 12.3. The van der Waals surface area contributed by atoms with Crippen LogP contribution >= 0.6 is 0 Å². The van der Waals surface area contributed by atoms with Crippen LogP contribution in [0.5, 0.6) is 11.5 Å². The molecule has 0 heterocycles. The lowest BCUT2D eigenvalue weighted by atomic mass is 9.59. The van der Waals surface area contributed by atoms with Gasteiger partial charge in [0.1, 0.15) is 17.3 Å². The summed E-state index contributed by atoms with van der Waals surface area (Å²) in [6.45, 7) is 6.72. The molecular formula is C23H30O3. The molecule has 0 spiro atoms. The molecule has 140 valence electrons. The largest absolute Gasteiger partial charge is 0.496 e. The SMILES string of the molecule is COc1ccc(OC)c2cc(CC[C@@]3(C)[C@H](C)CCC(=O)[C@@H]3C)ccc12. The van der Waals surface area contributed by atoms with Crippen molar-refractivity contribution in [2.75, 3.05) is 14.2 Å². The van der Waals surface area contributed by atoms with Crippen molar-refractivity contribution < 1.29 is 14.3 Å². The first-order valence-electron chi connectivity index (χ1n) is 9.57. The van der Waals surface area contributed by atoms with Gasteiger partial charge < -0.3 is 9.47 Å². The lowest BCUT2D eigenvalue weighted by Gasteiger charge is -2.44. The monoisotopic (exact) mass is 354 g/mol. The molecule has 0 aromatic heterocycles. The number of carbonyl (C=O) groups excluding carboxylic acids is 1. The highest BCUT2D eigenvalue weighted by atomic mass is 16.5. The zero-order valence-corrected chi connectivity index (χ0v) is 16.6. The van der Waals surface area contributed by atoms with Crippen LogP contribution in [0.3, 0.4) is 0 Å². The van der Waals surface area contributed by atoms with Crippen LogP contribution in [-0.2, 0) is 11.2 Å². The van der Waals surface area contributed by atoms with Crippen molar-refractivity contribution in [1.82, 2.24) is 0 Å². The van der Waals surface area contributed by atoms with E-state index in [-0.39, 0.29) is 11.3 Å². The minimum atomic E-state index is 0.0722. The molecule has 0 saturated heterocycles. The summed E-state index contributed by atoms with van der Waals surface area (Å²) in [4.78, 5) is 12.3. The molecule has 3 rings (SSSR count). The quantitative estimate of drug-likeness (QED) is 0.718. The molecule has 1 aliphatic carbocycles. The molecule has 1 saturated carbocycles. The Morgan fingerprint density at radius 3 is 2.35 bits per heavy atom. The van der Waals surface area contributed by atoms with Gasteiger partial charge in [-0.3, -0.25) is 4.79 Å². The maximum Gasteiger partial charge on any atom is 0.136 e. The van der Waals surface area contributed by atoms with E-state index in [9.17, 15) is 4.79 Å². The number of methoxy groups -OCH3 is 2. The first-order chi connectivity index (χ1) is 12.4. The van der Waals surface area contributed by atoms with Crippen LogP contribution in [0.15, 0.2) is 30.3 Å². The van der Waals surface area contributed by atoms with Crippen LogP contribution in [0.25, 0.3) is 10.8 Å². The number of hydrogen-bond donors (Lipinski definition) is 0. The van der Waals surface area contributed by atoms with Crippen LogP contribution in [0.1, 0.15) is 45.6 Å². The van der Waals surface area contributed by atoms with E-state index in [0.717, 1.165) is 48.0 Å². The van der Waals surface area contributed by atoms with Crippen LogP contribution in [-0.4, -0.2) is 20.0 Å². The van der Waals surface area contributed by atoms with E-state index in [4.69, 9.17) is 9.47 Å². The standard InChI is InChI=1S/C23H30O3/c1-15-6-9-20(24)16(2)23(15,3)13-12-17-7-8-18-19(14-17)22(26-5)11-10-21(18)25-4/h7-8,10-11,14-16H,6,9,12-13H2,1-5H3/t15-,16+,23+/m1/s1. The van der Waals surface area contributed by atoms with Crippen LogP contribution in [0, 0.1) is 17.3 Å². The number of rotatable bonds is 5. The highest BCUT2D eigenvalue weighted by Gasteiger charge is 2.43. The Morgan fingerprint density at radius 2 is 1.69 bits per heavy atom. The smallest absolute Gasteiger partial charge is 0.136 e. The molecule has 0 amide bonds. The van der Waals surface area contributed by atoms with Gasteiger partial charge in [0.2, 0.25) is 0 Å². The van der Waals surface area contributed by atoms with E-state index in [1.54, 1.807) is 14.2 Å². The van der Waals surface area contributed by atoms with Crippen molar-refractivity contribution in [2.45, 2.75) is 46.5 Å². The van der Waals surface area contributed by atoms with Gasteiger partial charge in [-0.1, -0.05) is 32.9 Å². The summed E-state index contributed by atoms with van der Waals surface area (Å²) in [6, 6.07) is 10.4. The van der Waals surface area contributed by atoms with Gasteiger partial charge >= 0.3 is 0 Å². The second-order valence-electron chi connectivity index (χ2n) is 7.98. The highest BCUT2D eigenvalue weighted by molar-refractivity contribution is 5.93. The summed E-state index contributed by atoms with van der Waals surface area (Å²) < 4.78 is 11.0. The summed E-state index contributed by atoms with van der Waals surface area (Å²) in [5.74, 6) is 2.87. The fourth-order valence-electron chi connectivity index (χ4n) is 4.43. The van der Waals surface area contributed by atoms with Gasteiger partial charge in [-0.05, 0) is 54.4 Å². The number of ether oxygens (including phenoxy) is 2. The third-order valence-electron chi connectivity index (χ3n) is 6.81. The summed E-state index contributed by atoms with van der Waals surface area (Å²) in [6.07, 6.45) is 3.75. The van der Waals surface area contributed by atoms with Gasteiger partial charge in [0.15, 0.2) is 0 Å². The summed E-state index contributed by atoms with van der Waals surface area (Å²) in [5, 5.41) is 2.15. The van der Waals surface area contributed by atoms with Gasteiger partial charge in [0.25, 0.3) is 0 Å². The molecule has 2 aromatic carbocycles. The molecule has 1 aliphatic rings. The van der Waals surface area contributed by atoms with Gasteiger partial charge in [0.05, 0.1) is 14.2 Å². The molecule has 26 heavy (non-hydrogen) atoms. The lowest BCUT2D eigenvalue weighted by molar-refractivity contribution is -0.132. The molecule has 0 N–H and O–H groups in total. The van der Waals surface area contributed by atoms with E-state index in [1.807, 2.05) is 12.1 Å². The molecule has 3 nitrogen and oxygen atoms in total. The predicted octanol–water partition coefficient (Wildman–Crippen LogP) is 5.43. The molecule has 3 heteroatoms. The molecule has 0 bridgehead atoms. The number of fused-ring (bicyclic) bond motifs is 1. The zero-order valence-electron chi connectivity index (χ0n) is 16.6. The van der Waals surface area contributed by atoms with Crippen molar-refractivity contribution in [3.8, 4) is 11.5 Å². The first kappa shape index (κ1) is 18.8. The van der Waals surface area contributed by atoms with Crippen molar-refractivity contribution >= 4 is 16.6 Å². The van der Waals surface area contributed by atoms with Crippen molar-refractivity contribution in [1.29, 1.82) is 0 Å². The van der Waals surface area contributed by atoms with Gasteiger partial charge in [-0.25, -0.2) is 0 Å². The molecule has 1 fully saturated rings. The predicted molar refractivity (Wildman–Crippen MR) is 106 cm³/mol. The summed E-state index contributed by atoms with van der Waals surface area (Å²) >= 11 is 0. The Hall–Kier alpha value is -2.03. The van der Waals surface area contributed by atoms with Gasteiger partial charge in [-0.2, -0.15) is 0 Å². The van der Waals surface area contributed by atoms with Crippen LogP contribution in [0.2, 0.25) is 0 Å². The Bertz CT molecular complexity index is 810. The fourth-order valence-corrected chi connectivity index (χ4v) is 4.43. The number of hydrogen-bond acceptors (Lipinski definition) is 3. The number of aryl methyl sites for hydroxylation is 1. The number of ketones is 1. The second kappa shape index (κ2) is 7.30.